The van der Waals surface area contributed by atoms with Crippen molar-refractivity contribution in [2.24, 2.45) is 0 Å². The number of hydrogen-bond acceptors (Lipinski definition) is 0. The lowest BCUT2D eigenvalue weighted by atomic mass is 10.4. The summed E-state index contributed by atoms with van der Waals surface area (Å²) in [5.41, 5.74) is 0. The molecule has 0 N–H and O–H groups in total. The molecule has 0 saturated carbocycles. The molecule has 1 radical (unpaired) electrons. The Balaban J connectivity index is 3.17. The molecular formula is C6H2Br2F. The predicted octanol–water partition coefficient (Wildman–Crippen LogP) is 3.15. The van der Waals surface area contributed by atoms with E-state index in [4.69, 9.17) is 0 Å². The van der Waals surface area contributed by atoms with Crippen molar-refractivity contribution in [3.63, 3.8) is 0 Å². The van der Waals surface area contributed by atoms with Gasteiger partial charge >= 0.3 is 0 Å². The van der Waals surface area contributed by atoms with E-state index in [1.54, 1.807) is 6.07 Å². The molecule has 0 bridgehead atoms. The second-order valence-electron chi connectivity index (χ2n) is 1.48. The first kappa shape index (κ1) is 7.22. The Hall–Kier alpha value is 0.110. The van der Waals surface area contributed by atoms with Crippen LogP contribution >= 0.6 is 31.9 Å². The molecule has 0 unspecified atom stereocenters. The molecule has 0 aliphatic carbocycles. The van der Waals surface area contributed by atoms with Crippen LogP contribution in [0.5, 0.6) is 0 Å². The van der Waals surface area contributed by atoms with Gasteiger partial charge in [0.15, 0.2) is 0 Å². The Kier molecular flexibility index (Phi) is 2.24. The zero-order chi connectivity index (χ0) is 6.85. The van der Waals surface area contributed by atoms with Crippen molar-refractivity contribution in [1.29, 1.82) is 0 Å². The van der Waals surface area contributed by atoms with Gasteiger partial charge in [-0.3, -0.25) is 0 Å². The summed E-state index contributed by atoms with van der Waals surface area (Å²) in [6.07, 6.45) is 0. The zero-order valence-electron chi connectivity index (χ0n) is 4.29. The molecule has 0 saturated heterocycles. The van der Waals surface area contributed by atoms with Gasteiger partial charge in [-0.25, -0.2) is 4.39 Å². The molecule has 0 nitrogen and oxygen atoms in total. The molecule has 1 aromatic carbocycles. The highest BCUT2D eigenvalue weighted by molar-refractivity contribution is 9.11. The topological polar surface area (TPSA) is 0 Å². The highest BCUT2D eigenvalue weighted by Gasteiger charge is 1.96. The van der Waals surface area contributed by atoms with Gasteiger partial charge in [-0.05, 0) is 28.1 Å². The third kappa shape index (κ3) is 1.76. The van der Waals surface area contributed by atoms with Gasteiger partial charge in [0.25, 0.3) is 0 Å². The standard InChI is InChI=1S/C6H2Br2F/c7-4-1-2-5(8)6(9)3-4/h1,3H. The van der Waals surface area contributed by atoms with Crippen LogP contribution in [0.3, 0.4) is 0 Å². The van der Waals surface area contributed by atoms with Crippen molar-refractivity contribution in [1.82, 2.24) is 0 Å². The van der Waals surface area contributed by atoms with Crippen LogP contribution in [0.25, 0.3) is 0 Å². The summed E-state index contributed by atoms with van der Waals surface area (Å²) >= 11 is 6.08. The molecule has 0 aliphatic rings. The second-order valence-corrected chi connectivity index (χ2v) is 3.19. The van der Waals surface area contributed by atoms with Gasteiger partial charge in [-0.2, -0.15) is 0 Å². The van der Waals surface area contributed by atoms with Crippen LogP contribution in [0, 0.1) is 11.9 Å². The van der Waals surface area contributed by atoms with Crippen LogP contribution in [-0.2, 0) is 0 Å². The molecule has 1 rings (SSSR count). The van der Waals surface area contributed by atoms with Crippen molar-refractivity contribution >= 4 is 31.9 Å². The highest BCUT2D eigenvalue weighted by atomic mass is 79.9. The molecule has 0 aliphatic heterocycles. The first-order chi connectivity index (χ1) is 4.20. The van der Waals surface area contributed by atoms with Crippen LogP contribution in [-0.4, -0.2) is 0 Å². The van der Waals surface area contributed by atoms with E-state index in [1.165, 1.54) is 6.07 Å². The van der Waals surface area contributed by atoms with Gasteiger partial charge in [-0.1, -0.05) is 15.9 Å². The van der Waals surface area contributed by atoms with Crippen LogP contribution in [0.15, 0.2) is 21.1 Å². The van der Waals surface area contributed by atoms with Crippen molar-refractivity contribution in [2.75, 3.05) is 0 Å². The Morgan fingerprint density at radius 3 is 2.56 bits per heavy atom. The van der Waals surface area contributed by atoms with E-state index >= 15 is 0 Å². The third-order valence-electron chi connectivity index (χ3n) is 0.811. The van der Waals surface area contributed by atoms with Crippen LogP contribution in [0.1, 0.15) is 0 Å². The fraction of sp³-hybridized carbons (Fsp3) is 0. The Morgan fingerprint density at radius 2 is 2.11 bits per heavy atom. The van der Waals surface area contributed by atoms with Gasteiger partial charge in [0.2, 0.25) is 0 Å². The number of rotatable bonds is 0. The Bertz CT molecular complexity index is 222. The van der Waals surface area contributed by atoms with E-state index in [9.17, 15) is 4.39 Å². The minimum Gasteiger partial charge on any atom is -0.206 e. The van der Waals surface area contributed by atoms with E-state index in [1.807, 2.05) is 0 Å². The molecule has 0 atom stereocenters. The smallest absolute Gasteiger partial charge is 0.139 e. The first-order valence-corrected chi connectivity index (χ1v) is 3.81. The lowest BCUT2D eigenvalue weighted by Crippen LogP contribution is -1.74. The average Bonchev–Trinajstić information content (AvgIpc) is 1.80. The number of benzene rings is 1. The maximum Gasteiger partial charge on any atom is 0.139 e. The predicted molar refractivity (Wildman–Crippen MR) is 40.6 cm³/mol. The summed E-state index contributed by atoms with van der Waals surface area (Å²) in [5.74, 6) is -0.302. The quantitative estimate of drug-likeness (QED) is 0.623. The highest BCUT2D eigenvalue weighted by Crippen LogP contribution is 2.18. The maximum atomic E-state index is 12.5. The van der Waals surface area contributed by atoms with Gasteiger partial charge in [0.05, 0.1) is 4.47 Å². The molecule has 0 spiro atoms. The zero-order valence-corrected chi connectivity index (χ0v) is 7.46. The summed E-state index contributed by atoms with van der Waals surface area (Å²) in [5, 5.41) is 0. The lowest BCUT2D eigenvalue weighted by Gasteiger charge is -1.91. The normalized spacial score (nSPS) is 9.67. The molecule has 9 heavy (non-hydrogen) atoms. The van der Waals surface area contributed by atoms with Gasteiger partial charge in [0.1, 0.15) is 5.82 Å². The first-order valence-electron chi connectivity index (χ1n) is 2.22. The molecular weight excluding hydrogens is 251 g/mol. The molecule has 0 aromatic heterocycles. The van der Waals surface area contributed by atoms with Crippen molar-refractivity contribution in [3.8, 4) is 0 Å². The van der Waals surface area contributed by atoms with E-state index in [0.717, 1.165) is 0 Å². The summed E-state index contributed by atoms with van der Waals surface area (Å²) in [7, 11) is 0. The van der Waals surface area contributed by atoms with Crippen LogP contribution in [0.4, 0.5) is 4.39 Å². The van der Waals surface area contributed by atoms with Gasteiger partial charge < -0.3 is 0 Å². The van der Waals surface area contributed by atoms with E-state index in [-0.39, 0.29) is 5.82 Å². The van der Waals surface area contributed by atoms with Gasteiger partial charge in [-0.15, -0.1) is 0 Å². The Morgan fingerprint density at radius 1 is 1.44 bits per heavy atom. The SMILES string of the molecule is Fc1cc(Br)c[c]c1Br. The van der Waals surface area contributed by atoms with Crippen LogP contribution < -0.4 is 0 Å². The van der Waals surface area contributed by atoms with Gasteiger partial charge in [0, 0.05) is 10.5 Å². The molecule has 1 aromatic rings. The summed E-state index contributed by atoms with van der Waals surface area (Å²) in [6.45, 7) is 0. The molecule has 3 heteroatoms. The van der Waals surface area contributed by atoms with E-state index < -0.39 is 0 Å². The third-order valence-corrected chi connectivity index (χ3v) is 1.88. The van der Waals surface area contributed by atoms with Crippen molar-refractivity contribution in [3.05, 3.63) is 33.0 Å². The summed E-state index contributed by atoms with van der Waals surface area (Å²) < 4.78 is 13.5. The minimum atomic E-state index is -0.302. The molecule has 47 valence electrons. The van der Waals surface area contributed by atoms with E-state index in [2.05, 4.69) is 37.9 Å². The fourth-order valence-corrected chi connectivity index (χ4v) is 0.972. The lowest BCUT2D eigenvalue weighted by molar-refractivity contribution is 0.620. The maximum absolute atomic E-state index is 12.5. The van der Waals surface area contributed by atoms with Crippen LogP contribution in [0.2, 0.25) is 0 Å². The Labute approximate surface area is 69.3 Å². The summed E-state index contributed by atoms with van der Waals surface area (Å²) in [6, 6.07) is 5.68. The van der Waals surface area contributed by atoms with E-state index in [0.29, 0.717) is 8.95 Å². The minimum absolute atomic E-state index is 0.302. The largest absolute Gasteiger partial charge is 0.206 e. The van der Waals surface area contributed by atoms with Crippen molar-refractivity contribution in [2.45, 2.75) is 0 Å². The number of hydrogen-bond donors (Lipinski definition) is 0. The molecule has 0 amide bonds. The number of halogens is 3. The fourth-order valence-electron chi connectivity index (χ4n) is 0.427. The molecule has 0 fully saturated rings. The summed E-state index contributed by atoms with van der Waals surface area (Å²) in [4.78, 5) is 0. The monoisotopic (exact) mass is 251 g/mol. The van der Waals surface area contributed by atoms with Crippen molar-refractivity contribution < 1.29 is 4.39 Å². The second kappa shape index (κ2) is 2.80. The average molecular weight is 253 g/mol. The molecule has 0 heterocycles.